The van der Waals surface area contributed by atoms with Crippen LogP contribution >= 0.6 is 0 Å². The lowest BCUT2D eigenvalue weighted by molar-refractivity contribution is -0.141. The molecule has 6 nitrogen and oxygen atoms in total. The number of hydrogen-bond acceptors (Lipinski definition) is 5. The van der Waals surface area contributed by atoms with Gasteiger partial charge in [-0.2, -0.15) is 0 Å². The fourth-order valence-electron chi connectivity index (χ4n) is 1.30. The zero-order valence-electron chi connectivity index (χ0n) is 10.0. The van der Waals surface area contributed by atoms with Crippen molar-refractivity contribution in [1.29, 1.82) is 0 Å². The lowest BCUT2D eigenvalue weighted by Gasteiger charge is -2.11. The SMILES string of the molecule is CCOc1cc(NCC(CC)C(=O)O)ncn1. The topological polar surface area (TPSA) is 84.3 Å². The smallest absolute Gasteiger partial charge is 0.308 e. The maximum Gasteiger partial charge on any atom is 0.308 e. The molecular weight excluding hydrogens is 222 g/mol. The highest BCUT2D eigenvalue weighted by molar-refractivity contribution is 5.70. The Morgan fingerprint density at radius 3 is 2.88 bits per heavy atom. The van der Waals surface area contributed by atoms with E-state index < -0.39 is 11.9 Å². The number of anilines is 1. The number of nitrogens with one attached hydrogen (secondary N) is 1. The number of nitrogens with zero attached hydrogens (tertiary/aromatic N) is 2. The van der Waals surface area contributed by atoms with E-state index in [4.69, 9.17) is 9.84 Å². The molecule has 0 spiro atoms. The van der Waals surface area contributed by atoms with Crippen molar-refractivity contribution < 1.29 is 14.6 Å². The minimum absolute atomic E-state index is 0.342. The highest BCUT2D eigenvalue weighted by atomic mass is 16.5. The van der Waals surface area contributed by atoms with Crippen LogP contribution in [0.5, 0.6) is 5.88 Å². The van der Waals surface area contributed by atoms with Crippen LogP contribution in [0.1, 0.15) is 20.3 Å². The van der Waals surface area contributed by atoms with Crippen molar-refractivity contribution in [2.75, 3.05) is 18.5 Å². The van der Waals surface area contributed by atoms with Crippen LogP contribution in [0.2, 0.25) is 0 Å². The average molecular weight is 239 g/mol. The van der Waals surface area contributed by atoms with E-state index in [2.05, 4.69) is 15.3 Å². The first-order chi connectivity index (χ1) is 8.17. The molecule has 0 saturated carbocycles. The second-order valence-electron chi connectivity index (χ2n) is 3.50. The third-order valence-electron chi connectivity index (χ3n) is 2.31. The summed E-state index contributed by atoms with van der Waals surface area (Å²) in [6, 6.07) is 1.65. The summed E-state index contributed by atoms with van der Waals surface area (Å²) in [5.41, 5.74) is 0. The number of aromatic nitrogens is 2. The molecule has 0 aliphatic carbocycles. The van der Waals surface area contributed by atoms with Gasteiger partial charge in [0.2, 0.25) is 5.88 Å². The number of aliphatic carboxylic acids is 1. The van der Waals surface area contributed by atoms with Crippen LogP contribution in [0.3, 0.4) is 0 Å². The molecule has 0 aromatic carbocycles. The Bertz CT molecular complexity index is 371. The third kappa shape index (κ3) is 4.26. The van der Waals surface area contributed by atoms with Crippen LogP contribution in [-0.4, -0.2) is 34.2 Å². The number of carboxylic acid groups (broad SMARTS) is 1. The summed E-state index contributed by atoms with van der Waals surface area (Å²) in [5, 5.41) is 11.9. The van der Waals surface area contributed by atoms with Crippen molar-refractivity contribution in [2.24, 2.45) is 5.92 Å². The van der Waals surface area contributed by atoms with E-state index in [1.807, 2.05) is 13.8 Å². The zero-order chi connectivity index (χ0) is 12.7. The summed E-state index contributed by atoms with van der Waals surface area (Å²) in [6.07, 6.45) is 1.96. The molecule has 94 valence electrons. The van der Waals surface area contributed by atoms with Gasteiger partial charge in [-0.3, -0.25) is 4.79 Å². The Morgan fingerprint density at radius 1 is 1.53 bits per heavy atom. The van der Waals surface area contributed by atoms with Crippen molar-refractivity contribution >= 4 is 11.8 Å². The molecule has 1 unspecified atom stereocenters. The maximum absolute atomic E-state index is 10.8. The molecule has 17 heavy (non-hydrogen) atoms. The monoisotopic (exact) mass is 239 g/mol. The third-order valence-corrected chi connectivity index (χ3v) is 2.31. The van der Waals surface area contributed by atoms with Gasteiger partial charge < -0.3 is 15.2 Å². The minimum atomic E-state index is -0.806. The van der Waals surface area contributed by atoms with Gasteiger partial charge in [0.15, 0.2) is 0 Å². The van der Waals surface area contributed by atoms with E-state index in [9.17, 15) is 4.79 Å². The predicted molar refractivity (Wildman–Crippen MR) is 63.1 cm³/mol. The summed E-state index contributed by atoms with van der Waals surface area (Å²) in [5.74, 6) is -0.170. The first kappa shape index (κ1) is 13.2. The summed E-state index contributed by atoms with van der Waals surface area (Å²) in [6.45, 7) is 4.58. The van der Waals surface area contributed by atoms with E-state index in [1.54, 1.807) is 6.07 Å². The molecule has 1 aromatic rings. The summed E-state index contributed by atoms with van der Waals surface area (Å²) < 4.78 is 5.22. The number of hydrogen-bond donors (Lipinski definition) is 2. The Morgan fingerprint density at radius 2 is 2.29 bits per heavy atom. The molecule has 1 heterocycles. The quantitative estimate of drug-likeness (QED) is 0.748. The standard InChI is InChI=1S/C11H17N3O3/c1-3-8(11(15)16)6-12-9-5-10(17-4-2)14-7-13-9/h5,7-8H,3-4,6H2,1-2H3,(H,15,16)(H,12,13,14). The highest BCUT2D eigenvalue weighted by Crippen LogP contribution is 2.12. The lowest BCUT2D eigenvalue weighted by atomic mass is 10.1. The molecule has 0 aliphatic heterocycles. The summed E-state index contributed by atoms with van der Waals surface area (Å²) in [7, 11) is 0. The predicted octanol–water partition coefficient (Wildman–Crippen LogP) is 1.40. The van der Waals surface area contributed by atoms with Gasteiger partial charge in [0.25, 0.3) is 0 Å². The van der Waals surface area contributed by atoms with Gasteiger partial charge in [0.05, 0.1) is 12.5 Å². The van der Waals surface area contributed by atoms with Crippen LogP contribution in [0.25, 0.3) is 0 Å². The van der Waals surface area contributed by atoms with Crippen molar-refractivity contribution in [3.8, 4) is 5.88 Å². The van der Waals surface area contributed by atoms with Gasteiger partial charge in [0, 0.05) is 12.6 Å². The molecule has 1 rings (SSSR count). The molecule has 6 heteroatoms. The number of carbonyl (C=O) groups is 1. The van der Waals surface area contributed by atoms with Gasteiger partial charge in [-0.15, -0.1) is 0 Å². The lowest BCUT2D eigenvalue weighted by Crippen LogP contribution is -2.22. The fourth-order valence-corrected chi connectivity index (χ4v) is 1.30. The van der Waals surface area contributed by atoms with Crippen LogP contribution < -0.4 is 10.1 Å². The van der Waals surface area contributed by atoms with Gasteiger partial charge >= 0.3 is 5.97 Å². The van der Waals surface area contributed by atoms with Crippen LogP contribution in [0.4, 0.5) is 5.82 Å². The minimum Gasteiger partial charge on any atom is -0.481 e. The largest absolute Gasteiger partial charge is 0.481 e. The average Bonchev–Trinajstić information content (AvgIpc) is 2.30. The molecule has 0 amide bonds. The van der Waals surface area contributed by atoms with Crippen LogP contribution in [0.15, 0.2) is 12.4 Å². The van der Waals surface area contributed by atoms with E-state index in [1.165, 1.54) is 6.33 Å². The maximum atomic E-state index is 10.8. The van der Waals surface area contributed by atoms with E-state index in [-0.39, 0.29) is 0 Å². The van der Waals surface area contributed by atoms with Crippen molar-refractivity contribution in [3.05, 3.63) is 12.4 Å². The molecule has 2 N–H and O–H groups in total. The number of carboxylic acids is 1. The van der Waals surface area contributed by atoms with E-state index in [0.717, 1.165) is 0 Å². The Hall–Kier alpha value is -1.85. The first-order valence-electron chi connectivity index (χ1n) is 5.58. The molecule has 0 saturated heterocycles. The second-order valence-corrected chi connectivity index (χ2v) is 3.50. The molecular formula is C11H17N3O3. The zero-order valence-corrected chi connectivity index (χ0v) is 10.0. The van der Waals surface area contributed by atoms with Crippen LogP contribution in [-0.2, 0) is 4.79 Å². The summed E-state index contributed by atoms with van der Waals surface area (Å²) in [4.78, 5) is 18.7. The van der Waals surface area contributed by atoms with Crippen molar-refractivity contribution in [2.45, 2.75) is 20.3 Å². The normalized spacial score (nSPS) is 11.9. The fraction of sp³-hybridized carbons (Fsp3) is 0.545. The Kier molecular flexibility index (Phi) is 5.19. The molecule has 1 atom stereocenters. The van der Waals surface area contributed by atoms with Gasteiger partial charge in [0.1, 0.15) is 12.1 Å². The molecule has 0 aliphatic rings. The van der Waals surface area contributed by atoms with Gasteiger partial charge in [-0.05, 0) is 13.3 Å². The molecule has 0 fully saturated rings. The van der Waals surface area contributed by atoms with Crippen molar-refractivity contribution in [1.82, 2.24) is 9.97 Å². The molecule has 1 aromatic heterocycles. The highest BCUT2D eigenvalue weighted by Gasteiger charge is 2.14. The van der Waals surface area contributed by atoms with Crippen molar-refractivity contribution in [3.63, 3.8) is 0 Å². The number of rotatable bonds is 7. The Labute approximate surface area is 100 Å². The van der Waals surface area contributed by atoms with Gasteiger partial charge in [-0.25, -0.2) is 9.97 Å². The first-order valence-corrected chi connectivity index (χ1v) is 5.58. The Balaban J connectivity index is 2.56. The van der Waals surface area contributed by atoms with Crippen LogP contribution in [0, 0.1) is 5.92 Å². The van der Waals surface area contributed by atoms with Gasteiger partial charge in [-0.1, -0.05) is 6.92 Å². The number of ether oxygens (including phenoxy) is 1. The summed E-state index contributed by atoms with van der Waals surface area (Å²) >= 11 is 0. The molecule has 0 bridgehead atoms. The second kappa shape index (κ2) is 6.67. The van der Waals surface area contributed by atoms with E-state index in [0.29, 0.717) is 31.3 Å². The molecule has 0 radical (unpaired) electrons. The van der Waals surface area contributed by atoms with E-state index >= 15 is 0 Å².